The van der Waals surface area contributed by atoms with Crippen LogP contribution in [0, 0.1) is 0 Å². The minimum atomic E-state index is -3.03. The molecule has 0 aliphatic heterocycles. The first-order valence-corrected chi connectivity index (χ1v) is 9.47. The molecule has 0 bridgehead atoms. The molecule has 2 aromatic carbocycles. The molecule has 0 atom stereocenters. The van der Waals surface area contributed by atoms with Gasteiger partial charge in [0.2, 0.25) is 5.91 Å². The number of benzene rings is 2. The lowest BCUT2D eigenvalue weighted by molar-refractivity contribution is -0.115. The average molecular weight is 433 g/mol. The number of amides is 3. The van der Waals surface area contributed by atoms with E-state index in [0.29, 0.717) is 11.3 Å². The number of hydrogen-bond acceptors (Lipinski definition) is 5. The molecule has 0 saturated heterocycles. The number of methoxy groups -OCH3 is 1. The van der Waals surface area contributed by atoms with Crippen LogP contribution in [0.2, 0.25) is 0 Å². The minimum absolute atomic E-state index is 0.0429. The zero-order valence-electron chi connectivity index (χ0n) is 16.6. The topological polar surface area (TPSA) is 106 Å². The number of nitrogens with one attached hydrogen (secondary N) is 3. The Balaban J connectivity index is 1.54. The summed E-state index contributed by atoms with van der Waals surface area (Å²) in [5.41, 5.74) is 0.940. The molecule has 1 aliphatic carbocycles. The van der Waals surface area contributed by atoms with E-state index < -0.39 is 18.4 Å². The maximum absolute atomic E-state index is 12.4. The lowest BCUT2D eigenvalue weighted by Gasteiger charge is -2.12. The van der Waals surface area contributed by atoms with Gasteiger partial charge >= 0.3 is 6.61 Å². The second kappa shape index (κ2) is 9.88. The summed E-state index contributed by atoms with van der Waals surface area (Å²) in [7, 11) is 1.25. The Bertz CT molecular complexity index is 979. The normalized spacial score (nSPS) is 12.8. The number of alkyl halides is 2. The van der Waals surface area contributed by atoms with Crippen LogP contribution in [-0.4, -0.2) is 44.0 Å². The molecule has 1 aliphatic rings. The van der Waals surface area contributed by atoms with Gasteiger partial charge in [0.15, 0.2) is 11.5 Å². The molecule has 0 radical (unpaired) electrons. The third kappa shape index (κ3) is 6.39. The highest BCUT2D eigenvalue weighted by molar-refractivity contribution is 6.00. The molecule has 3 rings (SSSR count). The van der Waals surface area contributed by atoms with Gasteiger partial charge in [0, 0.05) is 22.9 Å². The lowest BCUT2D eigenvalue weighted by atomic mass is 10.2. The van der Waals surface area contributed by atoms with Gasteiger partial charge in [-0.05, 0) is 49.2 Å². The van der Waals surface area contributed by atoms with Gasteiger partial charge < -0.3 is 25.4 Å². The van der Waals surface area contributed by atoms with Crippen LogP contribution in [0.25, 0.3) is 0 Å². The fraction of sp³-hybridized carbons (Fsp3) is 0.286. The van der Waals surface area contributed by atoms with Gasteiger partial charge in [0.1, 0.15) is 0 Å². The summed E-state index contributed by atoms with van der Waals surface area (Å²) in [5.74, 6) is -1.57. The molecule has 0 heterocycles. The molecule has 3 amide bonds. The van der Waals surface area contributed by atoms with E-state index in [1.165, 1.54) is 25.3 Å². The number of carbonyl (C=O) groups is 3. The first-order valence-electron chi connectivity index (χ1n) is 9.47. The lowest BCUT2D eigenvalue weighted by Crippen LogP contribution is -2.33. The molecule has 31 heavy (non-hydrogen) atoms. The van der Waals surface area contributed by atoms with E-state index in [2.05, 4.69) is 20.7 Å². The number of carbonyl (C=O) groups excluding carboxylic acids is 3. The van der Waals surface area contributed by atoms with Crippen molar-refractivity contribution < 1.29 is 32.6 Å². The molecular formula is C21H21F2N3O5. The molecule has 0 aromatic heterocycles. The van der Waals surface area contributed by atoms with Gasteiger partial charge in [-0.1, -0.05) is 6.07 Å². The maximum atomic E-state index is 12.4. The third-order valence-electron chi connectivity index (χ3n) is 4.37. The Morgan fingerprint density at radius 1 is 1.03 bits per heavy atom. The fourth-order valence-corrected chi connectivity index (χ4v) is 2.70. The SMILES string of the molecule is COc1cc(C(=O)NCC(=O)Nc2cccc(C(=O)NC3CC3)c2)ccc1OC(F)F. The number of anilines is 1. The zero-order valence-corrected chi connectivity index (χ0v) is 16.6. The Kier molecular flexibility index (Phi) is 7.01. The maximum Gasteiger partial charge on any atom is 0.387 e. The van der Waals surface area contributed by atoms with Crippen LogP contribution in [-0.2, 0) is 4.79 Å². The van der Waals surface area contributed by atoms with Crippen LogP contribution in [0.3, 0.4) is 0 Å². The third-order valence-corrected chi connectivity index (χ3v) is 4.37. The first-order chi connectivity index (χ1) is 14.9. The number of halogens is 2. The van der Waals surface area contributed by atoms with Gasteiger partial charge in [-0.2, -0.15) is 8.78 Å². The van der Waals surface area contributed by atoms with E-state index in [0.717, 1.165) is 12.8 Å². The second-order valence-electron chi connectivity index (χ2n) is 6.80. The van der Waals surface area contributed by atoms with Crippen molar-refractivity contribution in [2.24, 2.45) is 0 Å². The van der Waals surface area contributed by atoms with Crippen molar-refractivity contribution in [2.75, 3.05) is 19.0 Å². The highest BCUT2D eigenvalue weighted by Crippen LogP contribution is 2.29. The average Bonchev–Trinajstić information content (AvgIpc) is 3.56. The number of rotatable bonds is 9. The van der Waals surface area contributed by atoms with Gasteiger partial charge in [-0.15, -0.1) is 0 Å². The second-order valence-corrected chi connectivity index (χ2v) is 6.80. The summed E-state index contributed by atoms with van der Waals surface area (Å²) < 4.78 is 34.0. The van der Waals surface area contributed by atoms with Crippen LogP contribution in [0.15, 0.2) is 42.5 Å². The molecule has 8 nitrogen and oxygen atoms in total. The van der Waals surface area contributed by atoms with Crippen molar-refractivity contribution in [3.63, 3.8) is 0 Å². The van der Waals surface area contributed by atoms with Crippen LogP contribution in [0.1, 0.15) is 33.6 Å². The molecule has 0 unspecified atom stereocenters. The van der Waals surface area contributed by atoms with Crippen LogP contribution in [0.4, 0.5) is 14.5 Å². The van der Waals surface area contributed by atoms with Crippen LogP contribution < -0.4 is 25.4 Å². The summed E-state index contributed by atoms with van der Waals surface area (Å²) in [4.78, 5) is 36.5. The minimum Gasteiger partial charge on any atom is -0.493 e. The largest absolute Gasteiger partial charge is 0.493 e. The molecule has 2 aromatic rings. The molecule has 1 fully saturated rings. The van der Waals surface area contributed by atoms with Crippen molar-refractivity contribution >= 4 is 23.4 Å². The highest BCUT2D eigenvalue weighted by Gasteiger charge is 2.23. The van der Waals surface area contributed by atoms with Gasteiger partial charge in [0.25, 0.3) is 11.8 Å². The van der Waals surface area contributed by atoms with E-state index >= 15 is 0 Å². The predicted molar refractivity (Wildman–Crippen MR) is 108 cm³/mol. The molecule has 3 N–H and O–H groups in total. The van der Waals surface area contributed by atoms with E-state index in [9.17, 15) is 23.2 Å². The molecule has 1 saturated carbocycles. The summed E-state index contributed by atoms with van der Waals surface area (Å²) in [6.07, 6.45) is 1.94. The Morgan fingerprint density at radius 2 is 1.77 bits per heavy atom. The van der Waals surface area contributed by atoms with Crippen molar-refractivity contribution in [3.8, 4) is 11.5 Å². The Labute approximate surface area is 176 Å². The Hall–Kier alpha value is -3.69. The van der Waals surface area contributed by atoms with Crippen molar-refractivity contribution in [1.82, 2.24) is 10.6 Å². The predicted octanol–water partition coefficient (Wildman–Crippen LogP) is 2.56. The van der Waals surface area contributed by atoms with E-state index in [1.807, 2.05) is 0 Å². The summed E-state index contributed by atoms with van der Waals surface area (Å²) >= 11 is 0. The smallest absolute Gasteiger partial charge is 0.387 e. The summed E-state index contributed by atoms with van der Waals surface area (Å²) in [6.45, 7) is -3.37. The van der Waals surface area contributed by atoms with Gasteiger partial charge in [0.05, 0.1) is 13.7 Å². The quantitative estimate of drug-likeness (QED) is 0.564. The number of hydrogen-bond donors (Lipinski definition) is 3. The van der Waals surface area contributed by atoms with E-state index in [1.54, 1.807) is 24.3 Å². The van der Waals surface area contributed by atoms with Gasteiger partial charge in [-0.25, -0.2) is 0 Å². The molecule has 0 spiro atoms. The van der Waals surface area contributed by atoms with Crippen molar-refractivity contribution in [3.05, 3.63) is 53.6 Å². The van der Waals surface area contributed by atoms with Crippen LogP contribution in [0.5, 0.6) is 11.5 Å². The first kappa shape index (κ1) is 22.0. The van der Waals surface area contributed by atoms with Crippen LogP contribution >= 0.6 is 0 Å². The number of ether oxygens (including phenoxy) is 2. The molecular weight excluding hydrogens is 412 g/mol. The molecule has 10 heteroatoms. The summed E-state index contributed by atoms with van der Waals surface area (Å²) in [6, 6.07) is 10.4. The van der Waals surface area contributed by atoms with E-state index in [-0.39, 0.29) is 35.6 Å². The van der Waals surface area contributed by atoms with Crippen molar-refractivity contribution in [1.29, 1.82) is 0 Å². The van der Waals surface area contributed by atoms with Crippen molar-refractivity contribution in [2.45, 2.75) is 25.5 Å². The highest BCUT2D eigenvalue weighted by atomic mass is 19.3. The fourth-order valence-electron chi connectivity index (χ4n) is 2.70. The summed E-state index contributed by atoms with van der Waals surface area (Å²) in [5, 5.41) is 7.90. The van der Waals surface area contributed by atoms with Gasteiger partial charge in [-0.3, -0.25) is 14.4 Å². The van der Waals surface area contributed by atoms with E-state index in [4.69, 9.17) is 4.74 Å². The zero-order chi connectivity index (χ0) is 22.4. The Morgan fingerprint density at radius 3 is 2.45 bits per heavy atom. The monoisotopic (exact) mass is 433 g/mol. The molecule has 164 valence electrons. The standard InChI is InChI=1S/C21H21F2N3O5/c1-30-17-10-13(5-8-16(17)31-21(22)23)19(28)24-11-18(27)25-15-4-2-3-12(9-15)20(29)26-14-6-7-14/h2-5,8-10,14,21H,6-7,11H2,1H3,(H,24,28)(H,25,27)(H,26,29).